The number of carbonyl (C=O) groups excluding carboxylic acids is 1. The zero-order valence-electron chi connectivity index (χ0n) is 7.40. The van der Waals surface area contributed by atoms with Gasteiger partial charge in [-0.15, -0.1) is 0 Å². The maximum absolute atomic E-state index is 10.9. The van der Waals surface area contributed by atoms with Crippen molar-refractivity contribution in [1.29, 1.82) is 0 Å². The van der Waals surface area contributed by atoms with Gasteiger partial charge in [-0.25, -0.2) is 4.79 Å². The summed E-state index contributed by atoms with van der Waals surface area (Å²) >= 11 is 4.37. The van der Waals surface area contributed by atoms with E-state index in [4.69, 9.17) is 4.74 Å². The van der Waals surface area contributed by atoms with E-state index in [1.54, 1.807) is 0 Å². The zero-order chi connectivity index (χ0) is 10.2. The SMILES string of the molecule is O=C(NC=C=S)OCc1ccccc1. The van der Waals surface area contributed by atoms with Gasteiger partial charge in [0.1, 0.15) is 6.61 Å². The third-order valence-electron chi connectivity index (χ3n) is 1.46. The number of benzene rings is 1. The van der Waals surface area contributed by atoms with E-state index < -0.39 is 6.09 Å². The molecule has 0 aromatic heterocycles. The predicted molar refractivity (Wildman–Crippen MR) is 56.9 cm³/mol. The van der Waals surface area contributed by atoms with E-state index in [9.17, 15) is 4.79 Å². The van der Waals surface area contributed by atoms with Gasteiger partial charge < -0.3 is 4.74 Å². The van der Waals surface area contributed by atoms with Crippen molar-refractivity contribution in [3.63, 3.8) is 0 Å². The van der Waals surface area contributed by atoms with E-state index >= 15 is 0 Å². The Kier molecular flexibility index (Phi) is 4.41. The van der Waals surface area contributed by atoms with Crippen LogP contribution < -0.4 is 5.32 Å². The number of ether oxygens (including phenoxy) is 1. The van der Waals surface area contributed by atoms with Crippen LogP contribution in [0, 0.1) is 0 Å². The van der Waals surface area contributed by atoms with Crippen LogP contribution in [0.4, 0.5) is 4.79 Å². The number of hydrogen-bond donors (Lipinski definition) is 1. The molecule has 0 heterocycles. The van der Waals surface area contributed by atoms with E-state index in [0.717, 1.165) is 5.56 Å². The minimum absolute atomic E-state index is 0.248. The van der Waals surface area contributed by atoms with Gasteiger partial charge in [0.2, 0.25) is 0 Å². The predicted octanol–water partition coefficient (Wildman–Crippen LogP) is 2.03. The third-order valence-corrected chi connectivity index (χ3v) is 1.58. The van der Waals surface area contributed by atoms with Gasteiger partial charge in [0.25, 0.3) is 0 Å². The Morgan fingerprint density at radius 2 is 2.21 bits per heavy atom. The fraction of sp³-hybridized carbons (Fsp3) is 0.100. The second kappa shape index (κ2) is 5.91. The Morgan fingerprint density at radius 3 is 2.86 bits per heavy atom. The summed E-state index contributed by atoms with van der Waals surface area (Å²) in [5, 5.41) is 4.54. The van der Waals surface area contributed by atoms with Crippen LogP contribution in [0.5, 0.6) is 0 Å². The highest BCUT2D eigenvalue weighted by molar-refractivity contribution is 7.78. The summed E-state index contributed by atoms with van der Waals surface area (Å²) in [6.07, 6.45) is 0.689. The second-order valence-electron chi connectivity index (χ2n) is 2.47. The molecule has 3 nitrogen and oxygen atoms in total. The van der Waals surface area contributed by atoms with Gasteiger partial charge in [0.05, 0.1) is 6.20 Å². The van der Waals surface area contributed by atoms with Gasteiger partial charge in [-0.05, 0) is 22.8 Å². The molecular weight excluding hydrogens is 198 g/mol. The normalized spacial score (nSPS) is 8.57. The number of carbonyl (C=O) groups is 1. The molecule has 0 fully saturated rings. The van der Waals surface area contributed by atoms with E-state index in [0.29, 0.717) is 0 Å². The minimum atomic E-state index is -0.536. The standard InChI is InChI=1S/C10H9NO2S/c12-10(11-6-7-14)13-8-9-4-2-1-3-5-9/h1-6H,8H2,(H,11,12). The monoisotopic (exact) mass is 207 g/mol. The van der Waals surface area contributed by atoms with Crippen molar-refractivity contribution in [3.8, 4) is 0 Å². The van der Waals surface area contributed by atoms with Crippen LogP contribution in [-0.2, 0) is 11.3 Å². The van der Waals surface area contributed by atoms with Gasteiger partial charge in [-0.3, -0.25) is 5.32 Å². The summed E-state index contributed by atoms with van der Waals surface area (Å²) in [7, 11) is 0. The minimum Gasteiger partial charge on any atom is -0.444 e. The van der Waals surface area contributed by atoms with E-state index in [-0.39, 0.29) is 6.61 Å². The van der Waals surface area contributed by atoms with Gasteiger partial charge in [0, 0.05) is 0 Å². The van der Waals surface area contributed by atoms with Crippen molar-refractivity contribution in [2.45, 2.75) is 6.61 Å². The summed E-state index contributed by atoms with van der Waals surface area (Å²) in [5.41, 5.74) is 0.939. The molecule has 0 aliphatic rings. The molecule has 0 bridgehead atoms. The lowest BCUT2D eigenvalue weighted by molar-refractivity contribution is 0.143. The smallest absolute Gasteiger partial charge is 0.411 e. The van der Waals surface area contributed by atoms with Crippen LogP contribution in [0.15, 0.2) is 36.5 Å². The van der Waals surface area contributed by atoms with Gasteiger partial charge >= 0.3 is 6.09 Å². The molecule has 0 saturated heterocycles. The van der Waals surface area contributed by atoms with E-state index in [1.165, 1.54) is 6.20 Å². The Labute approximate surface area is 87.4 Å². The summed E-state index contributed by atoms with van der Waals surface area (Å²) < 4.78 is 4.86. The molecule has 14 heavy (non-hydrogen) atoms. The van der Waals surface area contributed by atoms with Crippen molar-refractivity contribution >= 4 is 23.3 Å². The quantitative estimate of drug-likeness (QED) is 0.771. The molecular formula is C10H9NO2S. The zero-order valence-corrected chi connectivity index (χ0v) is 8.21. The first-order chi connectivity index (χ1) is 6.83. The van der Waals surface area contributed by atoms with Gasteiger partial charge in [-0.1, -0.05) is 30.3 Å². The van der Waals surface area contributed by atoms with Crippen LogP contribution in [0.1, 0.15) is 5.56 Å². The van der Waals surface area contributed by atoms with Crippen LogP contribution in [0.3, 0.4) is 0 Å². The first-order valence-electron chi connectivity index (χ1n) is 3.99. The fourth-order valence-electron chi connectivity index (χ4n) is 0.853. The number of alkyl carbamates (subject to hydrolysis) is 1. The second-order valence-corrected chi connectivity index (χ2v) is 2.70. The first kappa shape index (κ1) is 10.4. The summed E-state index contributed by atoms with van der Waals surface area (Å²) in [5.74, 6) is 0. The fourth-order valence-corrected chi connectivity index (χ4v) is 0.912. The third kappa shape index (κ3) is 3.85. The number of thiocarbonyl (C=S) groups is 1. The topological polar surface area (TPSA) is 38.3 Å². The Bertz CT molecular complexity index is 344. The van der Waals surface area contributed by atoms with Crippen LogP contribution >= 0.6 is 12.2 Å². The van der Waals surface area contributed by atoms with Crippen LogP contribution in [0.2, 0.25) is 0 Å². The van der Waals surface area contributed by atoms with Crippen molar-refractivity contribution in [2.75, 3.05) is 0 Å². The van der Waals surface area contributed by atoms with E-state index in [1.807, 2.05) is 30.3 Å². The number of amides is 1. The molecule has 0 radical (unpaired) electrons. The highest BCUT2D eigenvalue weighted by atomic mass is 32.1. The Balaban J connectivity index is 2.34. The molecule has 0 saturated carbocycles. The maximum atomic E-state index is 10.9. The lowest BCUT2D eigenvalue weighted by Crippen LogP contribution is -2.18. The molecule has 0 unspecified atom stereocenters. The first-order valence-corrected chi connectivity index (χ1v) is 4.40. The molecule has 1 rings (SSSR count). The van der Waals surface area contributed by atoms with Crippen LogP contribution in [0.25, 0.3) is 0 Å². The largest absolute Gasteiger partial charge is 0.444 e. The molecule has 0 aliphatic heterocycles. The lowest BCUT2D eigenvalue weighted by atomic mass is 10.2. The molecule has 1 N–H and O–H groups in total. The molecule has 0 aliphatic carbocycles. The average molecular weight is 207 g/mol. The molecule has 1 aromatic rings. The maximum Gasteiger partial charge on any atom is 0.411 e. The number of rotatable bonds is 3. The average Bonchev–Trinajstić information content (AvgIpc) is 2.25. The lowest BCUT2D eigenvalue weighted by Gasteiger charge is -2.02. The molecule has 1 aromatic carbocycles. The van der Waals surface area contributed by atoms with Crippen LogP contribution in [-0.4, -0.2) is 11.1 Å². The number of hydrogen-bond acceptors (Lipinski definition) is 3. The molecule has 0 spiro atoms. The number of nitrogens with one attached hydrogen (secondary N) is 1. The highest BCUT2D eigenvalue weighted by Crippen LogP contribution is 2.00. The Morgan fingerprint density at radius 1 is 1.50 bits per heavy atom. The molecule has 1 amide bonds. The summed E-state index contributed by atoms with van der Waals surface area (Å²) in [6, 6.07) is 9.42. The van der Waals surface area contributed by atoms with Crippen molar-refractivity contribution in [2.24, 2.45) is 0 Å². The van der Waals surface area contributed by atoms with Crippen molar-refractivity contribution < 1.29 is 9.53 Å². The summed E-state index contributed by atoms with van der Waals surface area (Å²) in [4.78, 5) is 10.9. The molecule has 4 heteroatoms. The Hall–Kier alpha value is -1.64. The molecule has 72 valence electrons. The van der Waals surface area contributed by atoms with Crippen molar-refractivity contribution in [1.82, 2.24) is 5.32 Å². The van der Waals surface area contributed by atoms with Gasteiger partial charge in [-0.2, -0.15) is 0 Å². The summed E-state index contributed by atoms with van der Waals surface area (Å²) in [6.45, 7) is 0.248. The van der Waals surface area contributed by atoms with E-state index in [2.05, 4.69) is 22.6 Å². The van der Waals surface area contributed by atoms with Crippen molar-refractivity contribution in [3.05, 3.63) is 42.1 Å². The highest BCUT2D eigenvalue weighted by Gasteiger charge is 1.98. The van der Waals surface area contributed by atoms with Gasteiger partial charge in [0.15, 0.2) is 0 Å². The molecule has 0 atom stereocenters.